The number of hydrogen-bond acceptors (Lipinski definition) is 3. The van der Waals surface area contributed by atoms with Gasteiger partial charge in [-0.2, -0.15) is 4.31 Å². The Morgan fingerprint density at radius 2 is 2.09 bits per heavy atom. The maximum Gasteiger partial charge on any atom is 0.235 e. The number of aryl methyl sites for hydroxylation is 1. The maximum atomic E-state index is 12.2. The summed E-state index contributed by atoms with van der Waals surface area (Å²) in [4.78, 5) is 1.01. The number of nitrogens with zero attached hydrogens (tertiary/aromatic N) is 1. The van der Waals surface area contributed by atoms with Crippen LogP contribution in [0, 0.1) is 6.92 Å². The highest BCUT2D eigenvalue weighted by atomic mass is 35.5. The molecule has 1 aromatic heterocycles. The molecule has 0 aliphatic carbocycles. The van der Waals surface area contributed by atoms with Crippen LogP contribution in [0.1, 0.15) is 27.5 Å². The highest BCUT2D eigenvalue weighted by Gasteiger charge is 2.33. The van der Waals surface area contributed by atoms with E-state index < -0.39 is 10.0 Å². The van der Waals surface area contributed by atoms with Gasteiger partial charge < -0.3 is 0 Å². The zero-order valence-electron chi connectivity index (χ0n) is 12.1. The summed E-state index contributed by atoms with van der Waals surface area (Å²) >= 11 is 7.62. The molecule has 1 aliphatic heterocycles. The molecule has 3 nitrogen and oxygen atoms in total. The third-order valence-electron chi connectivity index (χ3n) is 4.03. The molecule has 1 aliphatic rings. The third kappa shape index (κ3) is 2.74. The van der Waals surface area contributed by atoms with E-state index in [2.05, 4.69) is 12.6 Å². The summed E-state index contributed by atoms with van der Waals surface area (Å²) < 4.78 is 26.6. The minimum atomic E-state index is -3.45. The van der Waals surface area contributed by atoms with Crippen molar-refractivity contribution in [3.63, 3.8) is 0 Å². The first-order valence-electron chi connectivity index (χ1n) is 6.88. The molecular formula is C16H16ClNO2S2. The minimum absolute atomic E-state index is 0.00317. The number of sulfonamides is 1. The van der Waals surface area contributed by atoms with Crippen LogP contribution in [-0.4, -0.2) is 19.3 Å². The number of fused-ring (bicyclic) bond motifs is 1. The second-order valence-electron chi connectivity index (χ2n) is 5.34. The standard InChI is InChI=1S/C16H16ClNO2S2/c1-3-22(19,20)18-9-14(12-7-5-4-6-11(12)2)13-8-16(17)21-15(13)10-18/h3-8,14H,1,9-10H2,2H3/t14-/m1/s1. The molecule has 1 atom stereocenters. The lowest BCUT2D eigenvalue weighted by Crippen LogP contribution is -2.36. The van der Waals surface area contributed by atoms with Crippen molar-refractivity contribution >= 4 is 33.0 Å². The average molecular weight is 354 g/mol. The summed E-state index contributed by atoms with van der Waals surface area (Å²) in [5.74, 6) is 0.00317. The van der Waals surface area contributed by atoms with Gasteiger partial charge in [0.15, 0.2) is 0 Å². The van der Waals surface area contributed by atoms with Gasteiger partial charge in [-0.1, -0.05) is 42.4 Å². The van der Waals surface area contributed by atoms with Crippen molar-refractivity contribution in [2.24, 2.45) is 0 Å². The molecule has 22 heavy (non-hydrogen) atoms. The smallest absolute Gasteiger partial charge is 0.208 e. The normalized spacial score (nSPS) is 18.9. The van der Waals surface area contributed by atoms with Crippen molar-refractivity contribution in [1.82, 2.24) is 4.31 Å². The Labute approximate surface area is 139 Å². The van der Waals surface area contributed by atoms with Crippen molar-refractivity contribution in [2.45, 2.75) is 19.4 Å². The number of halogens is 1. The molecule has 116 valence electrons. The fourth-order valence-corrected chi connectivity index (χ4v) is 5.21. The van der Waals surface area contributed by atoms with Crippen molar-refractivity contribution in [3.05, 3.63) is 68.2 Å². The van der Waals surface area contributed by atoms with Crippen LogP contribution in [0.5, 0.6) is 0 Å². The summed E-state index contributed by atoms with van der Waals surface area (Å²) in [5.41, 5.74) is 3.43. The van der Waals surface area contributed by atoms with Crippen molar-refractivity contribution in [2.75, 3.05) is 6.54 Å². The predicted octanol–water partition coefficient (Wildman–Crippen LogP) is 4.13. The summed E-state index contributed by atoms with van der Waals surface area (Å²) in [6.07, 6.45) is 0. The molecule has 6 heteroatoms. The molecule has 0 saturated carbocycles. The predicted molar refractivity (Wildman–Crippen MR) is 91.9 cm³/mol. The van der Waals surface area contributed by atoms with Crippen LogP contribution in [0.4, 0.5) is 0 Å². The average Bonchev–Trinajstić information content (AvgIpc) is 2.87. The van der Waals surface area contributed by atoms with E-state index in [-0.39, 0.29) is 5.92 Å². The van der Waals surface area contributed by atoms with Crippen LogP contribution >= 0.6 is 22.9 Å². The van der Waals surface area contributed by atoms with Gasteiger partial charge >= 0.3 is 0 Å². The Morgan fingerprint density at radius 3 is 2.77 bits per heavy atom. The second-order valence-corrected chi connectivity index (χ2v) is 8.99. The molecule has 2 heterocycles. The molecular weight excluding hydrogens is 338 g/mol. The van der Waals surface area contributed by atoms with Crippen molar-refractivity contribution in [1.29, 1.82) is 0 Å². The van der Waals surface area contributed by atoms with E-state index in [1.54, 1.807) is 0 Å². The molecule has 0 bridgehead atoms. The zero-order valence-corrected chi connectivity index (χ0v) is 14.5. The van der Waals surface area contributed by atoms with Crippen LogP contribution in [0.15, 0.2) is 42.3 Å². The van der Waals surface area contributed by atoms with Crippen LogP contribution in [0.2, 0.25) is 4.34 Å². The van der Waals surface area contributed by atoms with Crippen LogP contribution < -0.4 is 0 Å². The summed E-state index contributed by atoms with van der Waals surface area (Å²) in [5, 5.41) is 1.02. The molecule has 1 aromatic carbocycles. The van der Waals surface area contributed by atoms with E-state index in [9.17, 15) is 8.42 Å². The van der Waals surface area contributed by atoms with Gasteiger partial charge in [-0.3, -0.25) is 0 Å². The van der Waals surface area contributed by atoms with E-state index in [0.29, 0.717) is 17.4 Å². The largest absolute Gasteiger partial charge is 0.235 e. The Kier molecular flexibility index (Phi) is 4.16. The first-order chi connectivity index (χ1) is 10.4. The van der Waals surface area contributed by atoms with E-state index >= 15 is 0 Å². The lowest BCUT2D eigenvalue weighted by atomic mass is 9.87. The maximum absolute atomic E-state index is 12.2. The third-order valence-corrected chi connectivity index (χ3v) is 6.71. The molecule has 0 saturated heterocycles. The Morgan fingerprint density at radius 1 is 1.36 bits per heavy atom. The monoisotopic (exact) mass is 353 g/mol. The SMILES string of the molecule is C=CS(=O)(=O)N1Cc2sc(Cl)cc2[C@@H](c2ccccc2C)C1. The molecule has 0 N–H and O–H groups in total. The molecule has 0 radical (unpaired) electrons. The minimum Gasteiger partial charge on any atom is -0.208 e. The van der Waals surface area contributed by atoms with E-state index in [0.717, 1.165) is 27.0 Å². The zero-order chi connectivity index (χ0) is 15.9. The molecule has 0 spiro atoms. The van der Waals surface area contributed by atoms with Crippen LogP contribution in [-0.2, 0) is 16.6 Å². The number of hydrogen-bond donors (Lipinski definition) is 0. The molecule has 0 fully saturated rings. The topological polar surface area (TPSA) is 37.4 Å². The lowest BCUT2D eigenvalue weighted by molar-refractivity contribution is 0.381. The molecule has 0 amide bonds. The van der Waals surface area contributed by atoms with E-state index in [1.807, 2.05) is 31.2 Å². The molecule has 2 aromatic rings. The van der Waals surface area contributed by atoms with Crippen molar-refractivity contribution in [3.8, 4) is 0 Å². The molecule has 3 rings (SSSR count). The Bertz CT molecular complexity index is 826. The van der Waals surface area contributed by atoms with Gasteiger partial charge in [-0.15, -0.1) is 11.3 Å². The highest BCUT2D eigenvalue weighted by molar-refractivity contribution is 7.92. The first-order valence-corrected chi connectivity index (χ1v) is 9.58. The highest BCUT2D eigenvalue weighted by Crippen LogP contribution is 2.41. The van der Waals surface area contributed by atoms with Crippen LogP contribution in [0.25, 0.3) is 0 Å². The Balaban J connectivity index is 2.12. The fourth-order valence-electron chi connectivity index (χ4n) is 2.90. The van der Waals surface area contributed by atoms with E-state index in [1.165, 1.54) is 15.6 Å². The van der Waals surface area contributed by atoms with Crippen LogP contribution in [0.3, 0.4) is 0 Å². The van der Waals surface area contributed by atoms with Gasteiger partial charge in [-0.05, 0) is 29.7 Å². The summed E-state index contributed by atoms with van der Waals surface area (Å²) in [6, 6.07) is 10.0. The molecule has 0 unspecified atom stereocenters. The van der Waals surface area contributed by atoms with Gasteiger partial charge in [0, 0.05) is 29.3 Å². The summed E-state index contributed by atoms with van der Waals surface area (Å²) in [6.45, 7) is 6.26. The number of benzene rings is 1. The fraction of sp³-hybridized carbons (Fsp3) is 0.250. The van der Waals surface area contributed by atoms with Gasteiger partial charge in [0.05, 0.1) is 4.34 Å². The van der Waals surface area contributed by atoms with Gasteiger partial charge in [0.2, 0.25) is 10.0 Å². The van der Waals surface area contributed by atoms with Gasteiger partial charge in [0.25, 0.3) is 0 Å². The quantitative estimate of drug-likeness (QED) is 0.832. The number of thiophene rings is 1. The lowest BCUT2D eigenvalue weighted by Gasteiger charge is -2.32. The van der Waals surface area contributed by atoms with E-state index in [4.69, 9.17) is 11.6 Å². The Hall–Kier alpha value is -1.14. The number of rotatable bonds is 3. The van der Waals surface area contributed by atoms with Gasteiger partial charge in [-0.25, -0.2) is 8.42 Å². The first kappa shape index (κ1) is 15.7. The summed E-state index contributed by atoms with van der Waals surface area (Å²) in [7, 11) is -3.45. The second kappa shape index (κ2) is 5.81. The van der Waals surface area contributed by atoms with Crippen molar-refractivity contribution < 1.29 is 8.42 Å². The van der Waals surface area contributed by atoms with Gasteiger partial charge in [0.1, 0.15) is 0 Å².